The van der Waals surface area contributed by atoms with Crippen molar-refractivity contribution >= 4 is 23.1 Å². The fourth-order valence-electron chi connectivity index (χ4n) is 4.93. The predicted molar refractivity (Wildman–Crippen MR) is 129 cm³/mol. The van der Waals surface area contributed by atoms with Gasteiger partial charge in [-0.2, -0.15) is 14.6 Å². The van der Waals surface area contributed by atoms with Gasteiger partial charge in [0.15, 0.2) is 11.3 Å². The number of rotatable bonds is 5. The Labute approximate surface area is 206 Å². The molecule has 2 saturated heterocycles. The summed E-state index contributed by atoms with van der Waals surface area (Å²) in [4.78, 5) is 24.7. The number of hydrogen-bond donors (Lipinski definition) is 0. The maximum Gasteiger partial charge on any atom is 0.280 e. The molecule has 5 heterocycles. The molecule has 0 aliphatic carbocycles. The zero-order chi connectivity index (χ0) is 23.9. The summed E-state index contributed by atoms with van der Waals surface area (Å²) >= 11 is 5.99. The molecule has 0 saturated carbocycles. The molecule has 0 bridgehead atoms. The van der Waals surface area contributed by atoms with Crippen LogP contribution in [0, 0.1) is 6.92 Å². The normalized spacial score (nSPS) is 20.7. The van der Waals surface area contributed by atoms with Gasteiger partial charge in [-0.05, 0) is 50.3 Å². The number of benzene rings is 1. The van der Waals surface area contributed by atoms with Gasteiger partial charge in [0, 0.05) is 24.0 Å². The first-order valence-electron chi connectivity index (χ1n) is 12.0. The molecule has 0 N–H and O–H groups in total. The Morgan fingerprint density at radius 3 is 2.71 bits per heavy atom. The number of aryl methyl sites for hydroxylation is 1. The van der Waals surface area contributed by atoms with E-state index in [9.17, 15) is 4.79 Å². The number of hydrogen-bond acceptors (Lipinski definition) is 8. The lowest BCUT2D eigenvalue weighted by Gasteiger charge is -2.26. The van der Waals surface area contributed by atoms with Gasteiger partial charge >= 0.3 is 0 Å². The largest absolute Gasteiger partial charge is 0.373 e. The number of nitrogens with zero attached hydrogens (tertiary/aromatic N) is 7. The Morgan fingerprint density at radius 1 is 1.11 bits per heavy atom. The quantitative estimate of drug-likeness (QED) is 0.414. The van der Waals surface area contributed by atoms with Crippen molar-refractivity contribution in [1.82, 2.24) is 29.3 Å². The van der Waals surface area contributed by atoms with Gasteiger partial charge in [0.25, 0.3) is 5.56 Å². The van der Waals surface area contributed by atoms with Crippen LogP contribution in [-0.4, -0.2) is 49.0 Å². The zero-order valence-electron chi connectivity index (χ0n) is 19.4. The molecule has 2 aliphatic rings. The van der Waals surface area contributed by atoms with Gasteiger partial charge in [-0.25, -0.2) is 4.98 Å². The Hall–Kier alpha value is -3.24. The minimum atomic E-state index is -0.181. The van der Waals surface area contributed by atoms with Crippen molar-refractivity contribution in [3.8, 4) is 0 Å². The Kier molecular flexibility index (Phi) is 5.77. The van der Waals surface area contributed by atoms with E-state index in [0.29, 0.717) is 34.6 Å². The van der Waals surface area contributed by atoms with E-state index < -0.39 is 0 Å². The fourth-order valence-corrected chi connectivity index (χ4v) is 5.06. The van der Waals surface area contributed by atoms with Crippen LogP contribution < -0.4 is 10.5 Å². The average Bonchev–Trinajstić information content (AvgIpc) is 3.61. The van der Waals surface area contributed by atoms with Gasteiger partial charge in [0.2, 0.25) is 11.8 Å². The van der Waals surface area contributed by atoms with Crippen LogP contribution >= 0.6 is 11.6 Å². The van der Waals surface area contributed by atoms with Crippen LogP contribution in [0.15, 0.2) is 39.9 Å². The van der Waals surface area contributed by atoms with Gasteiger partial charge in [0.05, 0.1) is 18.4 Å². The maximum absolute atomic E-state index is 13.3. The van der Waals surface area contributed by atoms with Crippen LogP contribution in [0.25, 0.3) is 5.52 Å². The number of imidazole rings is 1. The van der Waals surface area contributed by atoms with E-state index in [1.54, 1.807) is 4.52 Å². The minimum Gasteiger partial charge on any atom is -0.373 e. The summed E-state index contributed by atoms with van der Waals surface area (Å²) in [6, 6.07) is 7.67. The van der Waals surface area contributed by atoms with E-state index in [1.165, 1.54) is 17.3 Å². The topological polar surface area (TPSA) is 104 Å². The van der Waals surface area contributed by atoms with Crippen LogP contribution in [0.3, 0.4) is 0 Å². The van der Waals surface area contributed by atoms with Gasteiger partial charge in [-0.15, -0.1) is 0 Å². The van der Waals surface area contributed by atoms with Crippen molar-refractivity contribution < 1.29 is 9.26 Å². The van der Waals surface area contributed by atoms with Gasteiger partial charge in [0.1, 0.15) is 12.9 Å². The smallest absolute Gasteiger partial charge is 0.280 e. The first-order chi connectivity index (χ1) is 17.1. The second-order valence-electron chi connectivity index (χ2n) is 9.22. The molecule has 6 rings (SSSR count). The fraction of sp³-hybridized carbons (Fsp3) is 0.458. The highest BCUT2D eigenvalue weighted by atomic mass is 35.5. The van der Waals surface area contributed by atoms with E-state index in [0.717, 1.165) is 43.9 Å². The molecule has 2 atom stereocenters. The average molecular weight is 496 g/mol. The Morgan fingerprint density at radius 2 is 1.91 bits per heavy atom. The van der Waals surface area contributed by atoms with Crippen LogP contribution in [0.1, 0.15) is 60.7 Å². The summed E-state index contributed by atoms with van der Waals surface area (Å²) in [6.07, 6.45) is 5.70. The molecule has 1 aromatic carbocycles. The molecule has 0 spiro atoms. The van der Waals surface area contributed by atoms with E-state index in [1.807, 2.05) is 31.2 Å². The summed E-state index contributed by atoms with van der Waals surface area (Å²) in [5.74, 6) is 1.70. The van der Waals surface area contributed by atoms with Crippen molar-refractivity contribution in [3.63, 3.8) is 0 Å². The van der Waals surface area contributed by atoms with E-state index >= 15 is 0 Å². The molecule has 0 amide bonds. The first kappa shape index (κ1) is 22.2. The van der Waals surface area contributed by atoms with E-state index in [4.69, 9.17) is 20.9 Å². The molecular weight excluding hydrogens is 470 g/mol. The molecule has 3 aromatic heterocycles. The van der Waals surface area contributed by atoms with Gasteiger partial charge in [-0.1, -0.05) is 28.9 Å². The predicted octanol–water partition coefficient (Wildman–Crippen LogP) is 3.52. The molecule has 182 valence electrons. The Balaban J connectivity index is 1.20. The number of aromatic nitrogens is 6. The van der Waals surface area contributed by atoms with Gasteiger partial charge in [-0.3, -0.25) is 9.36 Å². The third-order valence-electron chi connectivity index (χ3n) is 6.81. The lowest BCUT2D eigenvalue weighted by atomic mass is 10.0. The molecule has 11 heteroatoms. The monoisotopic (exact) mass is 495 g/mol. The molecular formula is C24H26ClN7O3. The molecule has 2 aliphatic heterocycles. The highest BCUT2D eigenvalue weighted by molar-refractivity contribution is 6.30. The van der Waals surface area contributed by atoms with Crippen LogP contribution in [0.2, 0.25) is 5.02 Å². The molecule has 35 heavy (non-hydrogen) atoms. The maximum atomic E-state index is 13.3. The third kappa shape index (κ3) is 4.21. The summed E-state index contributed by atoms with van der Waals surface area (Å²) in [5, 5.41) is 9.39. The summed E-state index contributed by atoms with van der Waals surface area (Å²) in [7, 11) is 0. The summed E-state index contributed by atoms with van der Waals surface area (Å²) < 4.78 is 14.6. The van der Waals surface area contributed by atoms with Crippen molar-refractivity contribution in [1.29, 1.82) is 0 Å². The minimum absolute atomic E-state index is 0.0229. The zero-order valence-corrected chi connectivity index (χ0v) is 20.2. The second-order valence-corrected chi connectivity index (χ2v) is 9.66. The Bertz CT molecular complexity index is 1410. The van der Waals surface area contributed by atoms with Crippen molar-refractivity contribution in [2.75, 3.05) is 24.6 Å². The van der Waals surface area contributed by atoms with Crippen LogP contribution in [-0.2, 0) is 11.3 Å². The SMILES string of the molecule is Cc1nc(N2CCCCC2)n2ncn(Cc3nc([C@@H]4CO[C@@H](c5ccc(Cl)cc5)C4)no3)c(=O)c12. The molecule has 10 nitrogen and oxygen atoms in total. The molecule has 2 fully saturated rings. The first-order valence-corrected chi connectivity index (χ1v) is 12.3. The molecule has 4 aromatic rings. The summed E-state index contributed by atoms with van der Waals surface area (Å²) in [5.41, 5.74) is 2.04. The van der Waals surface area contributed by atoms with E-state index in [2.05, 4.69) is 25.1 Å². The highest BCUT2D eigenvalue weighted by Gasteiger charge is 2.31. The van der Waals surface area contributed by atoms with Crippen molar-refractivity contribution in [3.05, 3.63) is 68.9 Å². The number of halogens is 1. The number of fused-ring (bicyclic) bond motifs is 1. The van der Waals surface area contributed by atoms with E-state index in [-0.39, 0.29) is 24.1 Å². The molecule has 0 unspecified atom stereocenters. The lowest BCUT2D eigenvalue weighted by Crippen LogP contribution is -2.32. The van der Waals surface area contributed by atoms with Crippen LogP contribution in [0.4, 0.5) is 5.95 Å². The number of ether oxygens (including phenoxy) is 1. The van der Waals surface area contributed by atoms with Crippen molar-refractivity contribution in [2.45, 2.75) is 51.2 Å². The number of piperidine rings is 1. The highest BCUT2D eigenvalue weighted by Crippen LogP contribution is 2.37. The van der Waals surface area contributed by atoms with Gasteiger partial charge < -0.3 is 14.2 Å². The summed E-state index contributed by atoms with van der Waals surface area (Å²) in [6.45, 7) is 4.36. The van der Waals surface area contributed by atoms with Crippen molar-refractivity contribution in [2.24, 2.45) is 0 Å². The second kappa shape index (κ2) is 9.09. The molecule has 0 radical (unpaired) electrons. The third-order valence-corrected chi connectivity index (χ3v) is 7.07. The van der Waals surface area contributed by atoms with Crippen LogP contribution in [0.5, 0.6) is 0 Å². The lowest BCUT2D eigenvalue weighted by molar-refractivity contribution is 0.110. The standard InChI is InChI=1S/C24H26ClN7O3/c1-15-21-23(33)31(14-26-32(21)24(27-15)30-9-3-2-4-10-30)12-20-28-22(29-35-20)17-11-19(34-13-17)16-5-7-18(25)8-6-16/h5-8,14,17,19H,2-4,9-13H2,1H3/t17-,19+/m0/s1. The number of anilines is 1.